The van der Waals surface area contributed by atoms with Crippen molar-refractivity contribution >= 4 is 0 Å². The van der Waals surface area contributed by atoms with Gasteiger partial charge in [0, 0.05) is 5.54 Å². The van der Waals surface area contributed by atoms with E-state index >= 15 is 0 Å². The zero-order valence-electron chi connectivity index (χ0n) is 7.79. The van der Waals surface area contributed by atoms with Crippen molar-refractivity contribution < 1.29 is 0 Å². The van der Waals surface area contributed by atoms with Crippen LogP contribution in [0.4, 0.5) is 0 Å². The van der Waals surface area contributed by atoms with E-state index < -0.39 is 0 Å². The summed E-state index contributed by atoms with van der Waals surface area (Å²) in [6.45, 7) is 0. The summed E-state index contributed by atoms with van der Waals surface area (Å²) in [4.78, 5) is 0. The van der Waals surface area contributed by atoms with Crippen LogP contribution in [0.15, 0.2) is 24.3 Å². The predicted molar refractivity (Wildman–Crippen MR) is 53.5 cm³/mol. The minimum absolute atomic E-state index is 0.0547. The van der Waals surface area contributed by atoms with E-state index in [1.807, 2.05) is 0 Å². The van der Waals surface area contributed by atoms with Crippen molar-refractivity contribution in [3.05, 3.63) is 35.4 Å². The molecular formula is C12H15N. The second-order valence-corrected chi connectivity index (χ2v) is 4.52. The molecule has 0 atom stereocenters. The minimum atomic E-state index is 0.0547. The van der Waals surface area contributed by atoms with Crippen molar-refractivity contribution in [2.24, 2.45) is 5.73 Å². The average molecular weight is 173 g/mol. The Hall–Kier alpha value is -0.820. The Kier molecular flexibility index (Phi) is 1.37. The number of benzene rings is 1. The summed E-state index contributed by atoms with van der Waals surface area (Å²) in [5.74, 6) is 0.831. The van der Waals surface area contributed by atoms with Gasteiger partial charge in [-0.05, 0) is 42.7 Å². The summed E-state index contributed by atoms with van der Waals surface area (Å²) in [6.07, 6.45) is 5.09. The number of hydrogen-bond acceptors (Lipinski definition) is 1. The average Bonchev–Trinajstić information content (AvgIpc) is 2.98. The van der Waals surface area contributed by atoms with E-state index in [9.17, 15) is 0 Å². The lowest BCUT2D eigenvalue weighted by molar-refractivity contribution is 0.726. The van der Waals surface area contributed by atoms with Crippen LogP contribution in [-0.4, -0.2) is 0 Å². The van der Waals surface area contributed by atoms with Crippen molar-refractivity contribution in [2.75, 3.05) is 0 Å². The maximum atomic E-state index is 6.23. The molecule has 0 radical (unpaired) electrons. The van der Waals surface area contributed by atoms with Gasteiger partial charge in [-0.25, -0.2) is 0 Å². The van der Waals surface area contributed by atoms with Crippen LogP contribution in [0.1, 0.15) is 42.7 Å². The van der Waals surface area contributed by atoms with E-state index in [4.69, 9.17) is 5.73 Å². The highest BCUT2D eigenvalue weighted by Gasteiger charge is 2.43. The molecule has 68 valence electrons. The molecule has 13 heavy (non-hydrogen) atoms. The first-order valence-corrected chi connectivity index (χ1v) is 5.18. The molecule has 3 rings (SSSR count). The standard InChI is InChI=1S/C12H15N/c13-12(7-8-12)11-4-2-1-3-10(11)9-5-6-9/h1-4,9H,5-8,13H2. The number of nitrogens with two attached hydrogens (primary N) is 1. The van der Waals surface area contributed by atoms with Gasteiger partial charge >= 0.3 is 0 Å². The normalized spacial score (nSPS) is 24.4. The molecule has 1 heteroatoms. The molecule has 0 saturated heterocycles. The van der Waals surface area contributed by atoms with E-state index in [1.54, 1.807) is 0 Å². The molecule has 1 nitrogen and oxygen atoms in total. The van der Waals surface area contributed by atoms with E-state index in [-0.39, 0.29) is 5.54 Å². The fourth-order valence-electron chi connectivity index (χ4n) is 2.10. The SMILES string of the molecule is NC1(c2ccccc2C2CC2)CC1. The monoisotopic (exact) mass is 173 g/mol. The first-order valence-electron chi connectivity index (χ1n) is 5.18. The largest absolute Gasteiger partial charge is 0.321 e. The van der Waals surface area contributed by atoms with Crippen LogP contribution in [-0.2, 0) is 5.54 Å². The van der Waals surface area contributed by atoms with Crippen LogP contribution in [0.2, 0.25) is 0 Å². The number of rotatable bonds is 2. The Bertz CT molecular complexity index is 335. The molecule has 0 spiro atoms. The van der Waals surface area contributed by atoms with Gasteiger partial charge in [0.2, 0.25) is 0 Å². The third-order valence-corrected chi connectivity index (χ3v) is 3.30. The summed E-state index contributed by atoms with van der Waals surface area (Å²) in [5, 5.41) is 0. The van der Waals surface area contributed by atoms with E-state index in [1.165, 1.54) is 36.8 Å². The fraction of sp³-hybridized carbons (Fsp3) is 0.500. The topological polar surface area (TPSA) is 26.0 Å². The van der Waals surface area contributed by atoms with Gasteiger partial charge in [0.05, 0.1) is 0 Å². The third kappa shape index (κ3) is 1.19. The highest BCUT2D eigenvalue weighted by Crippen LogP contribution is 2.50. The van der Waals surface area contributed by atoms with Crippen molar-refractivity contribution in [1.29, 1.82) is 0 Å². The van der Waals surface area contributed by atoms with Gasteiger partial charge in [0.1, 0.15) is 0 Å². The van der Waals surface area contributed by atoms with E-state index in [2.05, 4.69) is 24.3 Å². The summed E-state index contributed by atoms with van der Waals surface area (Å²) in [6, 6.07) is 8.75. The summed E-state index contributed by atoms with van der Waals surface area (Å²) in [5.41, 5.74) is 9.25. The molecule has 2 aliphatic carbocycles. The van der Waals surface area contributed by atoms with Crippen molar-refractivity contribution in [3.63, 3.8) is 0 Å². The molecule has 0 bridgehead atoms. The molecule has 0 amide bonds. The molecule has 2 aliphatic rings. The van der Waals surface area contributed by atoms with Crippen LogP contribution in [0.5, 0.6) is 0 Å². The Morgan fingerprint density at radius 2 is 1.85 bits per heavy atom. The summed E-state index contributed by atoms with van der Waals surface area (Å²) in [7, 11) is 0. The van der Waals surface area contributed by atoms with Gasteiger partial charge in [-0.2, -0.15) is 0 Å². The molecule has 2 saturated carbocycles. The van der Waals surface area contributed by atoms with E-state index in [0.717, 1.165) is 5.92 Å². The van der Waals surface area contributed by atoms with Crippen LogP contribution in [0.3, 0.4) is 0 Å². The maximum Gasteiger partial charge on any atom is 0.0414 e. The first kappa shape index (κ1) is 7.57. The Balaban J connectivity index is 2.06. The fourth-order valence-corrected chi connectivity index (χ4v) is 2.10. The lowest BCUT2D eigenvalue weighted by Crippen LogP contribution is -2.20. The van der Waals surface area contributed by atoms with Crippen LogP contribution in [0, 0.1) is 0 Å². The third-order valence-electron chi connectivity index (χ3n) is 3.30. The van der Waals surface area contributed by atoms with Crippen LogP contribution < -0.4 is 5.73 Å². The number of hydrogen-bond donors (Lipinski definition) is 1. The van der Waals surface area contributed by atoms with Crippen molar-refractivity contribution in [1.82, 2.24) is 0 Å². The van der Waals surface area contributed by atoms with Gasteiger partial charge < -0.3 is 5.73 Å². The van der Waals surface area contributed by atoms with Crippen LogP contribution in [0.25, 0.3) is 0 Å². The zero-order chi connectivity index (χ0) is 8.89. The molecule has 1 aromatic carbocycles. The molecule has 2 fully saturated rings. The molecule has 0 unspecified atom stereocenters. The predicted octanol–water partition coefficient (Wildman–Crippen LogP) is 2.51. The molecular weight excluding hydrogens is 158 g/mol. The molecule has 0 aliphatic heterocycles. The highest BCUT2D eigenvalue weighted by atomic mass is 14.8. The maximum absolute atomic E-state index is 6.23. The molecule has 0 aromatic heterocycles. The molecule has 1 aromatic rings. The van der Waals surface area contributed by atoms with Crippen molar-refractivity contribution in [3.8, 4) is 0 Å². The Morgan fingerprint density at radius 3 is 2.46 bits per heavy atom. The van der Waals surface area contributed by atoms with Gasteiger partial charge in [-0.1, -0.05) is 24.3 Å². The smallest absolute Gasteiger partial charge is 0.0414 e. The lowest BCUT2D eigenvalue weighted by atomic mass is 9.96. The molecule has 0 heterocycles. The van der Waals surface area contributed by atoms with Gasteiger partial charge in [0.15, 0.2) is 0 Å². The highest BCUT2D eigenvalue weighted by molar-refractivity contribution is 5.41. The quantitative estimate of drug-likeness (QED) is 0.730. The lowest BCUT2D eigenvalue weighted by Gasteiger charge is -2.14. The second kappa shape index (κ2) is 2.36. The minimum Gasteiger partial charge on any atom is -0.321 e. The van der Waals surface area contributed by atoms with Gasteiger partial charge in [-0.15, -0.1) is 0 Å². The summed E-state index contributed by atoms with van der Waals surface area (Å²) >= 11 is 0. The zero-order valence-corrected chi connectivity index (χ0v) is 7.79. The first-order chi connectivity index (χ1) is 6.30. The Labute approximate surface area is 78.9 Å². The molecule has 2 N–H and O–H groups in total. The van der Waals surface area contributed by atoms with Crippen molar-refractivity contribution in [2.45, 2.75) is 37.1 Å². The van der Waals surface area contributed by atoms with E-state index in [0.29, 0.717) is 0 Å². The Morgan fingerprint density at radius 1 is 1.15 bits per heavy atom. The van der Waals surface area contributed by atoms with Gasteiger partial charge in [0.25, 0.3) is 0 Å². The van der Waals surface area contributed by atoms with Crippen LogP contribution >= 0.6 is 0 Å². The summed E-state index contributed by atoms with van der Waals surface area (Å²) < 4.78 is 0. The second-order valence-electron chi connectivity index (χ2n) is 4.52. The van der Waals surface area contributed by atoms with Gasteiger partial charge in [-0.3, -0.25) is 0 Å².